The highest BCUT2D eigenvalue weighted by atomic mass is 16.1. The average Bonchev–Trinajstić information content (AvgIpc) is 2.54. The van der Waals surface area contributed by atoms with Crippen molar-refractivity contribution in [3.63, 3.8) is 0 Å². The van der Waals surface area contributed by atoms with Crippen molar-refractivity contribution >= 4 is 16.6 Å². The van der Waals surface area contributed by atoms with Gasteiger partial charge in [0.2, 0.25) is 0 Å². The zero-order valence-corrected chi connectivity index (χ0v) is 11.3. The number of pyridine rings is 1. The molecule has 2 heteroatoms. The van der Waals surface area contributed by atoms with Gasteiger partial charge in [-0.1, -0.05) is 61.5 Å². The maximum Gasteiger partial charge on any atom is 0.172 e. The molecule has 2 aromatic carbocycles. The van der Waals surface area contributed by atoms with E-state index in [1.165, 1.54) is 0 Å². The summed E-state index contributed by atoms with van der Waals surface area (Å²) in [4.78, 5) is 16.9. The van der Waals surface area contributed by atoms with Crippen LogP contribution in [0.15, 0.2) is 67.0 Å². The summed E-state index contributed by atoms with van der Waals surface area (Å²) in [5.74, 6) is -0.0516. The highest BCUT2D eigenvalue weighted by molar-refractivity contribution is 6.10. The Morgan fingerprint density at radius 2 is 1.65 bits per heavy atom. The second-order valence-corrected chi connectivity index (χ2v) is 4.90. The normalized spacial score (nSPS) is 12.2. The van der Waals surface area contributed by atoms with Crippen molar-refractivity contribution in [2.45, 2.75) is 12.8 Å². The summed E-state index contributed by atoms with van der Waals surface area (Å²) in [5.41, 5.74) is 1.73. The van der Waals surface area contributed by atoms with Gasteiger partial charge in [0.15, 0.2) is 5.78 Å². The maximum absolute atomic E-state index is 12.7. The Morgan fingerprint density at radius 3 is 2.45 bits per heavy atom. The van der Waals surface area contributed by atoms with Gasteiger partial charge < -0.3 is 0 Å². The van der Waals surface area contributed by atoms with Crippen LogP contribution in [0.3, 0.4) is 0 Å². The minimum Gasteiger partial charge on any atom is -0.293 e. The van der Waals surface area contributed by atoms with E-state index in [9.17, 15) is 4.79 Å². The highest BCUT2D eigenvalue weighted by Gasteiger charge is 2.19. The van der Waals surface area contributed by atoms with Gasteiger partial charge in [-0.2, -0.15) is 0 Å². The molecule has 3 aromatic rings. The quantitative estimate of drug-likeness (QED) is 0.661. The minimum atomic E-state index is -0.163. The molecule has 0 aliphatic rings. The van der Waals surface area contributed by atoms with Crippen molar-refractivity contribution in [1.29, 1.82) is 0 Å². The number of aromatic nitrogens is 1. The third-order valence-corrected chi connectivity index (χ3v) is 3.63. The molecule has 0 radical (unpaired) electrons. The second-order valence-electron chi connectivity index (χ2n) is 4.90. The average molecular weight is 261 g/mol. The fourth-order valence-corrected chi connectivity index (χ4v) is 2.44. The fraction of sp³-hybridized carbons (Fsp3) is 0.111. The highest BCUT2D eigenvalue weighted by Crippen LogP contribution is 2.24. The Bertz CT molecular complexity index is 744. The van der Waals surface area contributed by atoms with Crippen LogP contribution < -0.4 is 0 Å². The summed E-state index contributed by atoms with van der Waals surface area (Å²) in [6, 6.07) is 17.7. The van der Waals surface area contributed by atoms with Crippen LogP contribution in [-0.4, -0.2) is 10.8 Å². The molecule has 2 nitrogen and oxygen atoms in total. The van der Waals surface area contributed by atoms with Crippen LogP contribution in [0.4, 0.5) is 0 Å². The predicted octanol–water partition coefficient (Wildman–Crippen LogP) is 4.22. The van der Waals surface area contributed by atoms with Crippen LogP contribution in [0, 0.1) is 0 Å². The van der Waals surface area contributed by atoms with Gasteiger partial charge in [0.1, 0.15) is 0 Å². The van der Waals surface area contributed by atoms with Crippen LogP contribution in [0.25, 0.3) is 10.8 Å². The predicted molar refractivity (Wildman–Crippen MR) is 80.9 cm³/mol. The van der Waals surface area contributed by atoms with Crippen molar-refractivity contribution < 1.29 is 4.79 Å². The summed E-state index contributed by atoms with van der Waals surface area (Å²) >= 11 is 0. The van der Waals surface area contributed by atoms with Crippen LogP contribution >= 0.6 is 0 Å². The van der Waals surface area contributed by atoms with E-state index < -0.39 is 0 Å². The molecular formula is C18H15NO. The molecule has 0 fully saturated rings. The van der Waals surface area contributed by atoms with Crippen LogP contribution in [0.1, 0.15) is 28.8 Å². The van der Waals surface area contributed by atoms with E-state index in [0.29, 0.717) is 5.56 Å². The van der Waals surface area contributed by atoms with Crippen molar-refractivity contribution in [3.05, 3.63) is 78.1 Å². The van der Waals surface area contributed by atoms with Crippen molar-refractivity contribution in [2.24, 2.45) is 0 Å². The first-order valence-corrected chi connectivity index (χ1v) is 6.69. The van der Waals surface area contributed by atoms with Gasteiger partial charge in [-0.15, -0.1) is 0 Å². The number of Topliss-reactive ketones (excluding diaryl/α,β-unsaturated/α-hetero) is 1. The lowest BCUT2D eigenvalue weighted by Crippen LogP contribution is -2.10. The zero-order chi connectivity index (χ0) is 13.9. The molecule has 1 heterocycles. The standard InChI is InChI=1S/C18H15NO/c1-13(14-7-3-2-4-8-14)18(20)17-12-19-11-15-9-5-6-10-16(15)17/h2-13H,1H3. The summed E-state index contributed by atoms with van der Waals surface area (Å²) in [7, 11) is 0. The number of hydrogen-bond acceptors (Lipinski definition) is 2. The molecule has 0 spiro atoms. The van der Waals surface area contributed by atoms with Crippen LogP contribution in [0.2, 0.25) is 0 Å². The van der Waals surface area contributed by atoms with E-state index in [4.69, 9.17) is 0 Å². The van der Waals surface area contributed by atoms with Crippen molar-refractivity contribution in [2.75, 3.05) is 0 Å². The Morgan fingerprint density at radius 1 is 0.950 bits per heavy atom. The minimum absolute atomic E-state index is 0.112. The second kappa shape index (κ2) is 5.25. The summed E-state index contributed by atoms with van der Waals surface area (Å²) in [6.07, 6.45) is 3.46. The SMILES string of the molecule is CC(C(=O)c1cncc2ccccc12)c1ccccc1. The lowest BCUT2D eigenvalue weighted by molar-refractivity contribution is 0.0967. The van der Waals surface area contributed by atoms with Crippen molar-refractivity contribution in [1.82, 2.24) is 4.98 Å². The van der Waals surface area contributed by atoms with Gasteiger partial charge in [-0.05, 0) is 10.9 Å². The molecule has 98 valence electrons. The molecule has 3 rings (SSSR count). The van der Waals surface area contributed by atoms with Gasteiger partial charge in [-0.3, -0.25) is 9.78 Å². The first-order valence-electron chi connectivity index (χ1n) is 6.69. The lowest BCUT2D eigenvalue weighted by atomic mass is 9.91. The van der Waals surface area contributed by atoms with Gasteiger partial charge >= 0.3 is 0 Å². The zero-order valence-electron chi connectivity index (χ0n) is 11.3. The molecule has 0 bridgehead atoms. The van der Waals surface area contributed by atoms with E-state index >= 15 is 0 Å². The van der Waals surface area contributed by atoms with Gasteiger partial charge in [0.05, 0.1) is 0 Å². The van der Waals surface area contributed by atoms with Gasteiger partial charge in [0, 0.05) is 29.3 Å². The summed E-state index contributed by atoms with van der Waals surface area (Å²) in [5, 5.41) is 1.97. The van der Waals surface area contributed by atoms with E-state index in [2.05, 4.69) is 4.98 Å². The molecule has 1 aromatic heterocycles. The first-order chi connectivity index (χ1) is 9.77. The molecule has 0 saturated carbocycles. The number of fused-ring (bicyclic) bond motifs is 1. The van der Waals surface area contributed by atoms with E-state index in [-0.39, 0.29) is 11.7 Å². The third kappa shape index (κ3) is 2.21. The number of carbonyl (C=O) groups excluding carboxylic acids is 1. The number of nitrogens with zero attached hydrogens (tertiary/aromatic N) is 1. The number of ketones is 1. The smallest absolute Gasteiger partial charge is 0.172 e. The van der Waals surface area contributed by atoms with Gasteiger partial charge in [-0.25, -0.2) is 0 Å². The Hall–Kier alpha value is -2.48. The molecule has 0 amide bonds. The number of hydrogen-bond donors (Lipinski definition) is 0. The van der Waals surface area contributed by atoms with Gasteiger partial charge in [0.25, 0.3) is 0 Å². The lowest BCUT2D eigenvalue weighted by Gasteiger charge is -2.12. The molecular weight excluding hydrogens is 246 g/mol. The molecule has 0 saturated heterocycles. The molecule has 1 atom stereocenters. The third-order valence-electron chi connectivity index (χ3n) is 3.63. The van der Waals surface area contributed by atoms with E-state index in [0.717, 1.165) is 16.3 Å². The number of benzene rings is 2. The molecule has 0 N–H and O–H groups in total. The Kier molecular flexibility index (Phi) is 3.30. The Balaban J connectivity index is 2.05. The van der Waals surface area contributed by atoms with Crippen LogP contribution in [0.5, 0.6) is 0 Å². The van der Waals surface area contributed by atoms with Crippen molar-refractivity contribution in [3.8, 4) is 0 Å². The summed E-state index contributed by atoms with van der Waals surface area (Å²) in [6.45, 7) is 1.94. The molecule has 0 aliphatic carbocycles. The number of rotatable bonds is 3. The summed E-state index contributed by atoms with van der Waals surface area (Å²) < 4.78 is 0. The molecule has 1 unspecified atom stereocenters. The fourth-order valence-electron chi connectivity index (χ4n) is 2.44. The topological polar surface area (TPSA) is 30.0 Å². The molecule has 20 heavy (non-hydrogen) atoms. The monoisotopic (exact) mass is 261 g/mol. The molecule has 0 aliphatic heterocycles. The maximum atomic E-state index is 12.7. The largest absolute Gasteiger partial charge is 0.293 e. The number of carbonyl (C=O) groups is 1. The van der Waals surface area contributed by atoms with E-state index in [1.807, 2.05) is 61.5 Å². The van der Waals surface area contributed by atoms with Crippen LogP contribution in [-0.2, 0) is 0 Å². The van der Waals surface area contributed by atoms with E-state index in [1.54, 1.807) is 12.4 Å². The Labute approximate surface area is 118 Å². The first kappa shape index (κ1) is 12.5.